The number of nitrogens with zero attached hydrogens (tertiary/aromatic N) is 3. The van der Waals surface area contributed by atoms with Crippen molar-refractivity contribution in [2.75, 3.05) is 31.1 Å². The van der Waals surface area contributed by atoms with Gasteiger partial charge < -0.3 is 15.5 Å². The zero-order valence-electron chi connectivity index (χ0n) is 17.0. The number of hydrogen-bond acceptors (Lipinski definition) is 3. The van der Waals surface area contributed by atoms with E-state index in [0.717, 1.165) is 12.5 Å². The average Bonchev–Trinajstić information content (AvgIpc) is 3.16. The molecule has 2 aromatic rings. The van der Waals surface area contributed by atoms with Gasteiger partial charge in [-0.15, -0.1) is 24.0 Å². The number of halogens is 4. The molecule has 0 bridgehead atoms. The van der Waals surface area contributed by atoms with E-state index in [0.29, 0.717) is 43.5 Å². The molecule has 0 amide bonds. The van der Waals surface area contributed by atoms with E-state index in [-0.39, 0.29) is 41.8 Å². The monoisotopic (exact) mass is 533 g/mol. The first-order valence-electron chi connectivity index (χ1n) is 9.83. The van der Waals surface area contributed by atoms with E-state index in [2.05, 4.69) is 20.6 Å². The molecule has 2 unspecified atom stereocenters. The van der Waals surface area contributed by atoms with Crippen LogP contribution in [0.3, 0.4) is 0 Å². The number of anilines is 1. The van der Waals surface area contributed by atoms with Crippen molar-refractivity contribution in [3.8, 4) is 0 Å². The summed E-state index contributed by atoms with van der Waals surface area (Å²) >= 11 is 0. The topological polar surface area (TPSA) is 52.6 Å². The Morgan fingerprint density at radius 1 is 1.23 bits per heavy atom. The second-order valence-electron chi connectivity index (χ2n) is 7.18. The summed E-state index contributed by atoms with van der Waals surface area (Å²) in [6.45, 7) is 6.33. The molecular formula is C21H27F3IN5. The van der Waals surface area contributed by atoms with Gasteiger partial charge in [0.05, 0.1) is 0 Å². The first-order chi connectivity index (χ1) is 14.0. The van der Waals surface area contributed by atoms with Gasteiger partial charge in [0.2, 0.25) is 0 Å². The lowest BCUT2D eigenvalue weighted by Crippen LogP contribution is -2.44. The number of pyridine rings is 1. The van der Waals surface area contributed by atoms with Gasteiger partial charge in [0.1, 0.15) is 0 Å². The predicted octanol–water partition coefficient (Wildman–Crippen LogP) is 4.05. The number of hydrogen-bond donors (Lipinski definition) is 2. The van der Waals surface area contributed by atoms with Crippen LogP contribution in [0.25, 0.3) is 0 Å². The first-order valence-corrected chi connectivity index (χ1v) is 9.83. The maximum absolute atomic E-state index is 14.0. The van der Waals surface area contributed by atoms with Crippen molar-refractivity contribution in [3.63, 3.8) is 0 Å². The smallest absolute Gasteiger partial charge is 0.191 e. The third kappa shape index (κ3) is 6.23. The average molecular weight is 533 g/mol. The highest BCUT2D eigenvalue weighted by molar-refractivity contribution is 14.0. The van der Waals surface area contributed by atoms with Crippen LogP contribution in [0.4, 0.5) is 19.0 Å². The number of benzene rings is 1. The molecule has 9 heteroatoms. The van der Waals surface area contributed by atoms with E-state index in [1.54, 1.807) is 18.3 Å². The van der Waals surface area contributed by atoms with Crippen LogP contribution in [0.2, 0.25) is 0 Å². The van der Waals surface area contributed by atoms with Crippen LogP contribution >= 0.6 is 24.0 Å². The second kappa shape index (κ2) is 11.4. The Labute approximate surface area is 192 Å². The van der Waals surface area contributed by atoms with Crippen LogP contribution in [-0.2, 0) is 0 Å². The minimum Gasteiger partial charge on any atom is -0.357 e. The minimum atomic E-state index is -0.852. The van der Waals surface area contributed by atoms with Crippen molar-refractivity contribution < 1.29 is 13.2 Å². The normalized spacial score (nSPS) is 17.4. The van der Waals surface area contributed by atoms with Gasteiger partial charge in [0.25, 0.3) is 0 Å². The van der Waals surface area contributed by atoms with Crippen molar-refractivity contribution in [1.82, 2.24) is 15.6 Å². The molecular weight excluding hydrogens is 506 g/mol. The number of guanidine groups is 1. The fourth-order valence-corrected chi connectivity index (χ4v) is 3.35. The highest BCUT2D eigenvalue weighted by atomic mass is 127. The van der Waals surface area contributed by atoms with Gasteiger partial charge in [-0.2, -0.15) is 0 Å². The highest BCUT2D eigenvalue weighted by Crippen LogP contribution is 2.21. The quantitative estimate of drug-likeness (QED) is 0.334. The van der Waals surface area contributed by atoms with Gasteiger partial charge in [-0.25, -0.2) is 18.2 Å². The predicted molar refractivity (Wildman–Crippen MR) is 124 cm³/mol. The fourth-order valence-electron chi connectivity index (χ4n) is 3.35. The standard InChI is InChI=1S/C21H26F3N5.HI/c1-3-25-21(27-12-14(2)15-6-7-17(22)19(24)11-15)28-16-8-10-29(13-16)20-18(23)5-4-9-26-20;/h4-7,9,11,14,16H,3,8,10,12-13H2,1-2H3,(H2,25,27,28);1H. The van der Waals surface area contributed by atoms with E-state index < -0.39 is 11.6 Å². The van der Waals surface area contributed by atoms with Crippen molar-refractivity contribution in [3.05, 3.63) is 59.5 Å². The molecule has 1 aliphatic rings. The Hall–Kier alpha value is -2.04. The molecule has 0 spiro atoms. The van der Waals surface area contributed by atoms with E-state index in [1.165, 1.54) is 12.1 Å². The maximum atomic E-state index is 14.0. The lowest BCUT2D eigenvalue weighted by molar-refractivity contribution is 0.505. The van der Waals surface area contributed by atoms with Crippen molar-refractivity contribution in [1.29, 1.82) is 0 Å². The fraction of sp³-hybridized carbons (Fsp3) is 0.429. The number of nitrogens with one attached hydrogen (secondary N) is 2. The van der Waals surface area contributed by atoms with Gasteiger partial charge >= 0.3 is 0 Å². The van der Waals surface area contributed by atoms with Crippen LogP contribution in [0.5, 0.6) is 0 Å². The molecule has 0 radical (unpaired) electrons. The third-order valence-corrected chi connectivity index (χ3v) is 4.95. The molecule has 1 saturated heterocycles. The number of aliphatic imine (C=N–C) groups is 1. The highest BCUT2D eigenvalue weighted by Gasteiger charge is 2.26. The zero-order chi connectivity index (χ0) is 20.8. The Balaban J connectivity index is 0.00000320. The molecule has 3 rings (SSSR count). The molecule has 1 aromatic heterocycles. The Kier molecular flexibility index (Phi) is 9.19. The van der Waals surface area contributed by atoms with Crippen LogP contribution in [0.1, 0.15) is 31.7 Å². The van der Waals surface area contributed by atoms with E-state index in [4.69, 9.17) is 0 Å². The first kappa shape index (κ1) is 24.2. The number of aromatic nitrogens is 1. The Morgan fingerprint density at radius 3 is 2.73 bits per heavy atom. The zero-order valence-corrected chi connectivity index (χ0v) is 19.4. The summed E-state index contributed by atoms with van der Waals surface area (Å²) in [4.78, 5) is 10.6. The lowest BCUT2D eigenvalue weighted by atomic mass is 10.0. The van der Waals surface area contributed by atoms with Crippen molar-refractivity contribution in [2.45, 2.75) is 32.2 Å². The Bertz CT molecular complexity index is 864. The molecule has 5 nitrogen and oxygen atoms in total. The summed E-state index contributed by atoms with van der Waals surface area (Å²) in [6, 6.07) is 7.02. The van der Waals surface area contributed by atoms with Gasteiger partial charge in [-0.05, 0) is 43.2 Å². The summed E-state index contributed by atoms with van der Waals surface area (Å²) in [5.41, 5.74) is 0.696. The molecule has 30 heavy (non-hydrogen) atoms. The van der Waals surface area contributed by atoms with Gasteiger partial charge in [-0.1, -0.05) is 13.0 Å². The molecule has 1 aromatic carbocycles. The van der Waals surface area contributed by atoms with Crippen LogP contribution < -0.4 is 15.5 Å². The summed E-state index contributed by atoms with van der Waals surface area (Å²) < 4.78 is 40.6. The molecule has 2 atom stereocenters. The molecule has 2 N–H and O–H groups in total. The van der Waals surface area contributed by atoms with Crippen molar-refractivity contribution >= 4 is 35.8 Å². The third-order valence-electron chi connectivity index (χ3n) is 4.95. The molecule has 164 valence electrons. The van der Waals surface area contributed by atoms with Crippen LogP contribution in [0, 0.1) is 17.5 Å². The SMILES string of the molecule is CCNC(=NCC(C)c1ccc(F)c(F)c1)NC1CCN(c2ncccc2F)C1.I. The summed E-state index contributed by atoms with van der Waals surface area (Å²) in [5.74, 6) is -1.08. The van der Waals surface area contributed by atoms with E-state index in [9.17, 15) is 13.2 Å². The molecule has 0 saturated carbocycles. The molecule has 1 fully saturated rings. The summed E-state index contributed by atoms with van der Waals surface area (Å²) in [6.07, 6.45) is 2.42. The largest absolute Gasteiger partial charge is 0.357 e. The number of rotatable bonds is 6. The second-order valence-corrected chi connectivity index (χ2v) is 7.18. The molecule has 0 aliphatic carbocycles. The van der Waals surface area contributed by atoms with Gasteiger partial charge in [-0.3, -0.25) is 4.99 Å². The minimum absolute atomic E-state index is 0. The van der Waals surface area contributed by atoms with E-state index >= 15 is 0 Å². The van der Waals surface area contributed by atoms with Crippen molar-refractivity contribution in [2.24, 2.45) is 4.99 Å². The van der Waals surface area contributed by atoms with Crippen LogP contribution in [0.15, 0.2) is 41.5 Å². The van der Waals surface area contributed by atoms with Crippen LogP contribution in [-0.4, -0.2) is 43.2 Å². The summed E-state index contributed by atoms with van der Waals surface area (Å²) in [5, 5.41) is 6.58. The van der Waals surface area contributed by atoms with Gasteiger partial charge in [0, 0.05) is 44.3 Å². The van der Waals surface area contributed by atoms with Gasteiger partial charge in [0.15, 0.2) is 29.2 Å². The Morgan fingerprint density at radius 2 is 2.03 bits per heavy atom. The maximum Gasteiger partial charge on any atom is 0.191 e. The lowest BCUT2D eigenvalue weighted by Gasteiger charge is -2.20. The summed E-state index contributed by atoms with van der Waals surface area (Å²) in [7, 11) is 0. The van der Waals surface area contributed by atoms with E-state index in [1.807, 2.05) is 18.7 Å². The molecule has 1 aliphatic heterocycles. The molecule has 2 heterocycles.